The largest absolute Gasteiger partial charge is 0.497 e. The fraction of sp³-hybridized carbons (Fsp3) is 0.400. The maximum atomic E-state index is 13.0. The van der Waals surface area contributed by atoms with Gasteiger partial charge in [-0.3, -0.25) is 14.3 Å². The third kappa shape index (κ3) is 5.27. The van der Waals surface area contributed by atoms with Crippen LogP contribution in [-0.2, 0) is 11.3 Å². The molecule has 2 N–H and O–H groups in total. The van der Waals surface area contributed by atoms with Gasteiger partial charge in [0.2, 0.25) is 5.91 Å². The van der Waals surface area contributed by atoms with Gasteiger partial charge in [-0.2, -0.15) is 5.10 Å². The molecule has 0 radical (unpaired) electrons. The molecular weight excluding hydrogens is 418 g/mol. The highest BCUT2D eigenvalue weighted by atomic mass is 16.5. The molecule has 1 aliphatic rings. The van der Waals surface area contributed by atoms with Crippen molar-refractivity contribution in [1.82, 2.24) is 14.3 Å². The third-order valence-corrected chi connectivity index (χ3v) is 6.24. The van der Waals surface area contributed by atoms with Crippen LogP contribution in [0.1, 0.15) is 59.9 Å². The van der Waals surface area contributed by atoms with Gasteiger partial charge in [0, 0.05) is 29.3 Å². The number of aromatic nitrogens is 3. The quantitative estimate of drug-likeness (QED) is 0.547. The van der Waals surface area contributed by atoms with Crippen molar-refractivity contribution >= 4 is 23.2 Å². The van der Waals surface area contributed by atoms with Crippen LogP contribution in [0.15, 0.2) is 42.7 Å². The summed E-state index contributed by atoms with van der Waals surface area (Å²) in [5, 5.41) is 9.94. The lowest BCUT2D eigenvalue weighted by Crippen LogP contribution is -2.19. The number of hydrogen-bond donors (Lipinski definition) is 2. The molecule has 33 heavy (non-hydrogen) atoms. The summed E-state index contributed by atoms with van der Waals surface area (Å²) in [7, 11) is 1.59. The van der Waals surface area contributed by atoms with Crippen LogP contribution >= 0.6 is 0 Å². The Morgan fingerprint density at radius 3 is 2.48 bits per heavy atom. The first-order chi connectivity index (χ1) is 15.9. The van der Waals surface area contributed by atoms with Gasteiger partial charge in [-0.1, -0.05) is 19.3 Å². The van der Waals surface area contributed by atoms with Gasteiger partial charge in [0.05, 0.1) is 24.6 Å². The average molecular weight is 450 g/mol. The lowest BCUT2D eigenvalue weighted by molar-refractivity contribution is -0.116. The predicted molar refractivity (Wildman–Crippen MR) is 128 cm³/mol. The van der Waals surface area contributed by atoms with Crippen molar-refractivity contribution in [2.75, 3.05) is 17.7 Å². The van der Waals surface area contributed by atoms with Gasteiger partial charge in [-0.25, -0.2) is 0 Å². The van der Waals surface area contributed by atoms with Gasteiger partial charge in [0.25, 0.3) is 5.91 Å². The molecule has 0 aliphatic heterocycles. The van der Waals surface area contributed by atoms with Gasteiger partial charge < -0.3 is 19.9 Å². The second-order valence-corrected chi connectivity index (χ2v) is 8.60. The van der Waals surface area contributed by atoms with Crippen molar-refractivity contribution in [2.24, 2.45) is 0 Å². The van der Waals surface area contributed by atoms with E-state index in [2.05, 4.69) is 27.2 Å². The normalized spacial score (nSPS) is 14.2. The summed E-state index contributed by atoms with van der Waals surface area (Å²) in [5.41, 5.74) is 4.04. The predicted octanol–water partition coefficient (Wildman–Crippen LogP) is 4.71. The molecule has 0 unspecified atom stereocenters. The van der Waals surface area contributed by atoms with Crippen LogP contribution in [0.4, 0.5) is 11.4 Å². The third-order valence-electron chi connectivity index (χ3n) is 6.24. The lowest BCUT2D eigenvalue weighted by Gasteiger charge is -2.26. The van der Waals surface area contributed by atoms with Crippen molar-refractivity contribution in [3.05, 3.63) is 59.7 Å². The van der Waals surface area contributed by atoms with Gasteiger partial charge in [-0.15, -0.1) is 0 Å². The number of rotatable bonds is 7. The first-order valence-electron chi connectivity index (χ1n) is 11.4. The Morgan fingerprint density at radius 2 is 1.79 bits per heavy atom. The highest BCUT2D eigenvalue weighted by Crippen LogP contribution is 2.32. The SMILES string of the molecule is COc1ccc(NC(=O)Cn2cc(NC(=O)c3cc(C)n(C4CCCCC4)c3C)cn2)cc1. The van der Waals surface area contributed by atoms with E-state index in [9.17, 15) is 9.59 Å². The van der Waals surface area contributed by atoms with Crippen LogP contribution in [-0.4, -0.2) is 33.3 Å². The molecule has 1 aromatic carbocycles. The Kier molecular flexibility index (Phi) is 6.82. The van der Waals surface area contributed by atoms with E-state index in [1.54, 1.807) is 43.8 Å². The number of carbonyl (C=O) groups is 2. The molecule has 8 heteroatoms. The van der Waals surface area contributed by atoms with E-state index >= 15 is 0 Å². The van der Waals surface area contributed by atoms with Gasteiger partial charge in [0.1, 0.15) is 12.3 Å². The van der Waals surface area contributed by atoms with Crippen molar-refractivity contribution in [2.45, 2.75) is 58.5 Å². The van der Waals surface area contributed by atoms with Gasteiger partial charge in [-0.05, 0) is 57.0 Å². The van der Waals surface area contributed by atoms with E-state index in [1.807, 2.05) is 13.0 Å². The smallest absolute Gasteiger partial charge is 0.257 e. The van der Waals surface area contributed by atoms with Crippen LogP contribution < -0.4 is 15.4 Å². The summed E-state index contributed by atoms with van der Waals surface area (Å²) < 4.78 is 8.94. The van der Waals surface area contributed by atoms with Crippen LogP contribution in [0.5, 0.6) is 5.75 Å². The van der Waals surface area contributed by atoms with Crippen molar-refractivity contribution in [3.63, 3.8) is 0 Å². The first kappa shape index (κ1) is 22.6. The number of ether oxygens (including phenoxy) is 1. The number of aryl methyl sites for hydroxylation is 1. The van der Waals surface area contributed by atoms with Crippen molar-refractivity contribution in [3.8, 4) is 5.75 Å². The molecule has 1 aliphatic carbocycles. The zero-order valence-corrected chi connectivity index (χ0v) is 19.4. The lowest BCUT2D eigenvalue weighted by atomic mass is 9.95. The summed E-state index contributed by atoms with van der Waals surface area (Å²) in [6.07, 6.45) is 9.34. The number of amides is 2. The average Bonchev–Trinajstić information content (AvgIpc) is 3.37. The number of anilines is 2. The summed E-state index contributed by atoms with van der Waals surface area (Å²) in [5.74, 6) is 0.351. The Morgan fingerprint density at radius 1 is 1.06 bits per heavy atom. The van der Waals surface area contributed by atoms with E-state index in [0.29, 0.717) is 23.0 Å². The molecule has 2 heterocycles. The summed E-state index contributed by atoms with van der Waals surface area (Å²) in [6, 6.07) is 9.55. The Labute approximate surface area is 193 Å². The number of hydrogen-bond acceptors (Lipinski definition) is 4. The first-order valence-corrected chi connectivity index (χ1v) is 11.4. The van der Waals surface area contributed by atoms with Crippen molar-refractivity contribution in [1.29, 1.82) is 0 Å². The molecule has 1 fully saturated rings. The summed E-state index contributed by atoms with van der Waals surface area (Å²) >= 11 is 0. The molecule has 3 aromatic rings. The minimum Gasteiger partial charge on any atom is -0.497 e. The molecule has 0 atom stereocenters. The zero-order chi connectivity index (χ0) is 23.4. The molecular formula is C25H31N5O3. The van der Waals surface area contributed by atoms with Crippen molar-refractivity contribution < 1.29 is 14.3 Å². The molecule has 174 valence electrons. The minimum atomic E-state index is -0.211. The van der Waals surface area contributed by atoms with E-state index in [4.69, 9.17) is 4.74 Å². The number of benzene rings is 1. The van der Waals surface area contributed by atoms with E-state index < -0.39 is 0 Å². The molecule has 0 saturated heterocycles. The highest BCUT2D eigenvalue weighted by Gasteiger charge is 2.23. The molecule has 2 aromatic heterocycles. The Bertz CT molecular complexity index is 1120. The standard InChI is InChI=1S/C25H31N5O3/c1-17-13-23(18(2)30(17)21-7-5-4-6-8-21)25(32)28-20-14-26-29(15-20)16-24(31)27-19-9-11-22(33-3)12-10-19/h9-15,21H,4-8,16H2,1-3H3,(H,27,31)(H,28,32). The highest BCUT2D eigenvalue weighted by molar-refractivity contribution is 6.05. The summed E-state index contributed by atoms with van der Waals surface area (Å²) in [4.78, 5) is 25.3. The maximum Gasteiger partial charge on any atom is 0.257 e. The number of nitrogens with zero attached hydrogens (tertiary/aromatic N) is 3. The van der Waals surface area contributed by atoms with Crippen LogP contribution in [0.3, 0.4) is 0 Å². The summed E-state index contributed by atoms with van der Waals surface area (Å²) in [6.45, 7) is 4.12. The molecule has 0 spiro atoms. The zero-order valence-electron chi connectivity index (χ0n) is 19.4. The Balaban J connectivity index is 1.37. The van der Waals surface area contributed by atoms with E-state index in [1.165, 1.54) is 36.8 Å². The fourth-order valence-electron chi connectivity index (χ4n) is 4.64. The number of nitrogens with one attached hydrogen (secondary N) is 2. The number of carbonyl (C=O) groups excluding carboxylic acids is 2. The second-order valence-electron chi connectivity index (χ2n) is 8.60. The van der Waals surface area contributed by atoms with E-state index in [-0.39, 0.29) is 18.4 Å². The Hall–Kier alpha value is -3.55. The van der Waals surface area contributed by atoms with Crippen LogP contribution in [0, 0.1) is 13.8 Å². The molecule has 8 nitrogen and oxygen atoms in total. The maximum absolute atomic E-state index is 13.0. The number of methoxy groups -OCH3 is 1. The van der Waals surface area contributed by atoms with Crippen LogP contribution in [0.25, 0.3) is 0 Å². The molecule has 4 rings (SSSR count). The molecule has 0 bridgehead atoms. The van der Waals surface area contributed by atoms with Gasteiger partial charge >= 0.3 is 0 Å². The molecule has 1 saturated carbocycles. The van der Waals surface area contributed by atoms with Gasteiger partial charge in [0.15, 0.2) is 0 Å². The minimum absolute atomic E-state index is 0.0398. The fourth-order valence-corrected chi connectivity index (χ4v) is 4.64. The monoisotopic (exact) mass is 449 g/mol. The molecule has 2 amide bonds. The topological polar surface area (TPSA) is 90.2 Å². The second kappa shape index (κ2) is 9.94. The van der Waals surface area contributed by atoms with E-state index in [0.717, 1.165) is 17.1 Å². The van der Waals surface area contributed by atoms with Crippen LogP contribution in [0.2, 0.25) is 0 Å².